The van der Waals surface area contributed by atoms with Crippen LogP contribution in [0.1, 0.15) is 31.4 Å². The van der Waals surface area contributed by atoms with Gasteiger partial charge < -0.3 is 15.6 Å². The molecule has 1 aromatic rings. The SMILES string of the molecule is CC(c1cccc(N)c1)N(C)CC1(O)CCOCC1. The standard InChI is InChI=1S/C15H24N2O2/c1-12(13-4-3-5-14(16)10-13)17(2)11-15(18)6-8-19-9-7-15/h3-5,10,12,18H,6-9,11,16H2,1-2H3. The van der Waals surface area contributed by atoms with Gasteiger partial charge in [-0.05, 0) is 31.7 Å². The smallest absolute Gasteiger partial charge is 0.0818 e. The van der Waals surface area contributed by atoms with Crippen LogP contribution in [-0.4, -0.2) is 42.4 Å². The minimum Gasteiger partial charge on any atom is -0.399 e. The van der Waals surface area contributed by atoms with Crippen molar-refractivity contribution >= 4 is 5.69 Å². The lowest BCUT2D eigenvalue weighted by Crippen LogP contribution is -2.46. The molecule has 2 rings (SSSR count). The van der Waals surface area contributed by atoms with Gasteiger partial charge in [-0.2, -0.15) is 0 Å². The Morgan fingerprint density at radius 3 is 2.74 bits per heavy atom. The Kier molecular flexibility index (Phi) is 4.45. The molecule has 4 heteroatoms. The van der Waals surface area contributed by atoms with Crippen LogP contribution >= 0.6 is 0 Å². The molecule has 1 heterocycles. The molecule has 106 valence electrons. The molecule has 0 saturated carbocycles. The van der Waals surface area contributed by atoms with Gasteiger partial charge in [0.05, 0.1) is 5.60 Å². The van der Waals surface area contributed by atoms with E-state index in [1.165, 1.54) is 5.56 Å². The molecular formula is C15H24N2O2. The van der Waals surface area contributed by atoms with Crippen molar-refractivity contribution < 1.29 is 9.84 Å². The average Bonchev–Trinajstić information content (AvgIpc) is 2.38. The molecule has 0 bridgehead atoms. The molecule has 4 nitrogen and oxygen atoms in total. The van der Waals surface area contributed by atoms with Crippen LogP contribution in [0.4, 0.5) is 5.69 Å². The van der Waals surface area contributed by atoms with Gasteiger partial charge in [-0.15, -0.1) is 0 Å². The minimum absolute atomic E-state index is 0.232. The number of anilines is 1. The summed E-state index contributed by atoms with van der Waals surface area (Å²) >= 11 is 0. The summed E-state index contributed by atoms with van der Waals surface area (Å²) in [6.07, 6.45) is 1.42. The van der Waals surface area contributed by atoms with Crippen molar-refractivity contribution in [2.75, 3.05) is 32.5 Å². The van der Waals surface area contributed by atoms with Crippen LogP contribution in [0.5, 0.6) is 0 Å². The molecular weight excluding hydrogens is 240 g/mol. The van der Waals surface area contributed by atoms with Crippen LogP contribution in [0.2, 0.25) is 0 Å². The summed E-state index contributed by atoms with van der Waals surface area (Å²) in [4.78, 5) is 2.18. The van der Waals surface area contributed by atoms with Crippen LogP contribution in [0, 0.1) is 0 Å². The first-order chi connectivity index (χ1) is 9.00. The molecule has 1 aliphatic heterocycles. The highest BCUT2D eigenvalue weighted by atomic mass is 16.5. The highest BCUT2D eigenvalue weighted by Crippen LogP contribution is 2.26. The Balaban J connectivity index is 2.00. The van der Waals surface area contributed by atoms with Crippen LogP contribution in [0.3, 0.4) is 0 Å². The molecule has 0 radical (unpaired) electrons. The zero-order chi connectivity index (χ0) is 13.9. The lowest BCUT2D eigenvalue weighted by molar-refractivity contribution is -0.0808. The lowest BCUT2D eigenvalue weighted by atomic mass is 9.93. The first-order valence-corrected chi connectivity index (χ1v) is 6.86. The van der Waals surface area contributed by atoms with Crippen molar-refractivity contribution in [1.82, 2.24) is 4.90 Å². The molecule has 1 aliphatic rings. The predicted molar refractivity (Wildman–Crippen MR) is 76.9 cm³/mol. The number of nitrogen functional groups attached to an aromatic ring is 1. The van der Waals surface area contributed by atoms with Gasteiger partial charge in [-0.3, -0.25) is 4.90 Å². The third-order valence-corrected chi connectivity index (χ3v) is 4.02. The molecule has 0 spiro atoms. The summed E-state index contributed by atoms with van der Waals surface area (Å²) in [7, 11) is 2.04. The molecule has 0 aromatic heterocycles. The Labute approximate surface area is 115 Å². The number of nitrogens with zero attached hydrogens (tertiary/aromatic N) is 1. The maximum absolute atomic E-state index is 10.5. The van der Waals surface area contributed by atoms with E-state index in [1.54, 1.807) is 0 Å². The zero-order valence-electron chi connectivity index (χ0n) is 11.8. The van der Waals surface area contributed by atoms with Gasteiger partial charge in [0.2, 0.25) is 0 Å². The van der Waals surface area contributed by atoms with Crippen LogP contribution in [-0.2, 0) is 4.74 Å². The fourth-order valence-electron chi connectivity index (χ4n) is 2.58. The lowest BCUT2D eigenvalue weighted by Gasteiger charge is -2.37. The first kappa shape index (κ1) is 14.3. The Morgan fingerprint density at radius 2 is 2.11 bits per heavy atom. The third kappa shape index (κ3) is 3.69. The van der Waals surface area contributed by atoms with Gasteiger partial charge in [-0.25, -0.2) is 0 Å². The van der Waals surface area contributed by atoms with Crippen LogP contribution < -0.4 is 5.73 Å². The monoisotopic (exact) mass is 264 g/mol. The first-order valence-electron chi connectivity index (χ1n) is 6.86. The molecule has 1 saturated heterocycles. The molecule has 1 aromatic carbocycles. The van der Waals surface area contributed by atoms with E-state index in [4.69, 9.17) is 10.5 Å². The maximum Gasteiger partial charge on any atom is 0.0818 e. The van der Waals surface area contributed by atoms with Gasteiger partial charge in [0, 0.05) is 44.3 Å². The second kappa shape index (κ2) is 5.90. The molecule has 3 N–H and O–H groups in total. The van der Waals surface area contributed by atoms with Crippen molar-refractivity contribution in [3.63, 3.8) is 0 Å². The van der Waals surface area contributed by atoms with Crippen LogP contribution in [0.15, 0.2) is 24.3 Å². The van der Waals surface area contributed by atoms with Crippen molar-refractivity contribution in [2.45, 2.75) is 31.4 Å². The average molecular weight is 264 g/mol. The van der Waals surface area contributed by atoms with E-state index in [0.717, 1.165) is 5.69 Å². The van der Waals surface area contributed by atoms with E-state index < -0.39 is 5.60 Å². The Hall–Kier alpha value is -1.10. The van der Waals surface area contributed by atoms with Crippen molar-refractivity contribution in [1.29, 1.82) is 0 Å². The quantitative estimate of drug-likeness (QED) is 0.814. The molecule has 0 aliphatic carbocycles. The Bertz CT molecular complexity index is 416. The summed E-state index contributed by atoms with van der Waals surface area (Å²) in [5.41, 5.74) is 7.16. The minimum atomic E-state index is -0.623. The van der Waals surface area contributed by atoms with Gasteiger partial charge in [0.15, 0.2) is 0 Å². The predicted octanol–water partition coefficient (Wildman–Crippen LogP) is 1.80. The number of benzene rings is 1. The number of ether oxygens (including phenoxy) is 1. The van der Waals surface area contributed by atoms with Crippen molar-refractivity contribution in [3.8, 4) is 0 Å². The van der Waals surface area contributed by atoms with E-state index in [1.807, 2.05) is 25.2 Å². The number of hydrogen-bond acceptors (Lipinski definition) is 4. The number of hydrogen-bond donors (Lipinski definition) is 2. The summed E-state index contributed by atoms with van der Waals surface area (Å²) < 4.78 is 5.31. The van der Waals surface area contributed by atoms with E-state index >= 15 is 0 Å². The van der Waals surface area contributed by atoms with E-state index in [0.29, 0.717) is 32.6 Å². The zero-order valence-corrected chi connectivity index (χ0v) is 11.8. The largest absolute Gasteiger partial charge is 0.399 e. The molecule has 1 unspecified atom stereocenters. The van der Waals surface area contributed by atoms with E-state index in [2.05, 4.69) is 17.9 Å². The van der Waals surface area contributed by atoms with Gasteiger partial charge in [0.25, 0.3) is 0 Å². The summed E-state index contributed by atoms with van der Waals surface area (Å²) in [5.74, 6) is 0. The second-order valence-electron chi connectivity index (χ2n) is 5.60. The van der Waals surface area contributed by atoms with Gasteiger partial charge in [0.1, 0.15) is 0 Å². The maximum atomic E-state index is 10.5. The van der Waals surface area contributed by atoms with Crippen molar-refractivity contribution in [3.05, 3.63) is 29.8 Å². The Morgan fingerprint density at radius 1 is 1.42 bits per heavy atom. The van der Waals surface area contributed by atoms with Gasteiger partial charge in [-0.1, -0.05) is 12.1 Å². The number of rotatable bonds is 4. The van der Waals surface area contributed by atoms with E-state index in [9.17, 15) is 5.11 Å². The molecule has 1 atom stereocenters. The van der Waals surface area contributed by atoms with Crippen molar-refractivity contribution in [2.24, 2.45) is 0 Å². The van der Waals surface area contributed by atoms with Gasteiger partial charge >= 0.3 is 0 Å². The number of aliphatic hydroxyl groups is 1. The molecule has 19 heavy (non-hydrogen) atoms. The number of nitrogens with two attached hydrogens (primary N) is 1. The normalized spacial score (nSPS) is 20.4. The second-order valence-corrected chi connectivity index (χ2v) is 5.60. The number of likely N-dealkylation sites (N-methyl/N-ethyl adjacent to an activating group) is 1. The topological polar surface area (TPSA) is 58.7 Å². The highest BCUT2D eigenvalue weighted by Gasteiger charge is 2.32. The summed E-state index contributed by atoms with van der Waals surface area (Å²) in [6, 6.07) is 8.16. The molecule has 1 fully saturated rings. The molecule has 0 amide bonds. The summed E-state index contributed by atoms with van der Waals surface area (Å²) in [5, 5.41) is 10.5. The summed E-state index contributed by atoms with van der Waals surface area (Å²) in [6.45, 7) is 4.10. The highest BCUT2D eigenvalue weighted by molar-refractivity contribution is 5.41. The third-order valence-electron chi connectivity index (χ3n) is 4.02. The van der Waals surface area contributed by atoms with E-state index in [-0.39, 0.29) is 6.04 Å². The fourth-order valence-corrected chi connectivity index (χ4v) is 2.58. The van der Waals surface area contributed by atoms with Crippen LogP contribution in [0.25, 0.3) is 0 Å². The fraction of sp³-hybridized carbons (Fsp3) is 0.600.